The molecule has 0 saturated heterocycles. The predicted octanol–water partition coefficient (Wildman–Crippen LogP) is 2.41. The Labute approximate surface area is 98.8 Å². The van der Waals surface area contributed by atoms with Gasteiger partial charge < -0.3 is 14.6 Å². The van der Waals surface area contributed by atoms with E-state index in [0.29, 0.717) is 0 Å². The maximum absolute atomic E-state index is 5.04. The van der Waals surface area contributed by atoms with Gasteiger partial charge in [-0.2, -0.15) is 0 Å². The highest BCUT2D eigenvalue weighted by atomic mass is 16.5. The molecule has 16 heavy (non-hydrogen) atoms. The minimum absolute atomic E-state index is 0.179. The van der Waals surface area contributed by atoms with Gasteiger partial charge in [0.25, 0.3) is 0 Å². The standard InChI is InChI=1S/C13H24N2O/c1-13(2,3)14-10-12-6-8-15(11-12)7-5-9-16-4/h6,8,11,14H,5,7,9-10H2,1-4H3. The van der Waals surface area contributed by atoms with E-state index in [0.717, 1.165) is 26.1 Å². The van der Waals surface area contributed by atoms with Crippen LogP contribution in [0.25, 0.3) is 0 Å². The molecule has 0 atom stereocenters. The first-order chi connectivity index (χ1) is 7.51. The SMILES string of the molecule is COCCCn1ccc(CNC(C)(C)C)c1. The van der Waals surface area contributed by atoms with E-state index in [9.17, 15) is 0 Å². The summed E-state index contributed by atoms with van der Waals surface area (Å²) in [4.78, 5) is 0. The van der Waals surface area contributed by atoms with Crippen molar-refractivity contribution in [2.75, 3.05) is 13.7 Å². The maximum Gasteiger partial charge on any atom is 0.0479 e. The Morgan fingerprint density at radius 1 is 1.38 bits per heavy atom. The van der Waals surface area contributed by atoms with Crippen LogP contribution >= 0.6 is 0 Å². The first kappa shape index (κ1) is 13.3. The van der Waals surface area contributed by atoms with Crippen LogP contribution in [0, 0.1) is 0 Å². The Bertz CT molecular complexity index is 299. The van der Waals surface area contributed by atoms with Crippen LogP contribution in [0.3, 0.4) is 0 Å². The van der Waals surface area contributed by atoms with Crippen molar-refractivity contribution in [3.8, 4) is 0 Å². The molecule has 0 radical (unpaired) electrons. The van der Waals surface area contributed by atoms with Gasteiger partial charge in [-0.3, -0.25) is 0 Å². The number of ether oxygens (including phenoxy) is 1. The van der Waals surface area contributed by atoms with Crippen LogP contribution in [0.2, 0.25) is 0 Å². The summed E-state index contributed by atoms with van der Waals surface area (Å²) in [6.07, 6.45) is 5.40. The Hall–Kier alpha value is -0.800. The van der Waals surface area contributed by atoms with Crippen molar-refractivity contribution in [2.24, 2.45) is 0 Å². The first-order valence-corrected chi connectivity index (χ1v) is 5.90. The molecule has 0 unspecified atom stereocenters. The van der Waals surface area contributed by atoms with Gasteiger partial charge in [0.2, 0.25) is 0 Å². The molecule has 92 valence electrons. The van der Waals surface area contributed by atoms with Crippen LogP contribution in [0.15, 0.2) is 18.5 Å². The van der Waals surface area contributed by atoms with Crippen molar-refractivity contribution in [3.63, 3.8) is 0 Å². The van der Waals surface area contributed by atoms with E-state index >= 15 is 0 Å². The van der Waals surface area contributed by atoms with Crippen LogP contribution in [0.5, 0.6) is 0 Å². The van der Waals surface area contributed by atoms with Crippen LogP contribution in [-0.2, 0) is 17.8 Å². The van der Waals surface area contributed by atoms with Crippen LogP contribution < -0.4 is 5.32 Å². The zero-order chi connectivity index (χ0) is 12.0. The first-order valence-electron chi connectivity index (χ1n) is 5.90. The lowest BCUT2D eigenvalue weighted by molar-refractivity contribution is 0.190. The molecule has 0 aliphatic carbocycles. The molecule has 3 heteroatoms. The molecule has 1 N–H and O–H groups in total. The van der Waals surface area contributed by atoms with Gasteiger partial charge in [-0.25, -0.2) is 0 Å². The third kappa shape index (κ3) is 5.33. The van der Waals surface area contributed by atoms with E-state index in [1.807, 2.05) is 0 Å². The second kappa shape index (κ2) is 6.06. The molecule has 0 aromatic carbocycles. The fourth-order valence-electron chi connectivity index (χ4n) is 1.49. The Kier molecular flexibility index (Phi) is 5.03. The van der Waals surface area contributed by atoms with E-state index in [2.05, 4.69) is 49.1 Å². The van der Waals surface area contributed by atoms with Gasteiger partial charge in [-0.05, 0) is 38.8 Å². The zero-order valence-corrected chi connectivity index (χ0v) is 10.9. The molecule has 1 rings (SSSR count). The number of aromatic nitrogens is 1. The van der Waals surface area contributed by atoms with Crippen molar-refractivity contribution < 1.29 is 4.74 Å². The van der Waals surface area contributed by atoms with E-state index in [-0.39, 0.29) is 5.54 Å². The number of rotatable bonds is 6. The number of nitrogens with one attached hydrogen (secondary N) is 1. The maximum atomic E-state index is 5.04. The van der Waals surface area contributed by atoms with Gasteiger partial charge in [-0.15, -0.1) is 0 Å². The van der Waals surface area contributed by atoms with Gasteiger partial charge in [0.1, 0.15) is 0 Å². The monoisotopic (exact) mass is 224 g/mol. The number of methoxy groups -OCH3 is 1. The lowest BCUT2D eigenvalue weighted by atomic mass is 10.1. The highest BCUT2D eigenvalue weighted by Crippen LogP contribution is 2.05. The third-order valence-electron chi connectivity index (χ3n) is 2.40. The highest BCUT2D eigenvalue weighted by molar-refractivity contribution is 5.10. The molecule has 3 nitrogen and oxygen atoms in total. The largest absolute Gasteiger partial charge is 0.385 e. The Balaban J connectivity index is 2.33. The number of nitrogens with zero attached hydrogens (tertiary/aromatic N) is 1. The van der Waals surface area contributed by atoms with Crippen molar-refractivity contribution in [1.29, 1.82) is 0 Å². The second-order valence-electron chi connectivity index (χ2n) is 5.21. The van der Waals surface area contributed by atoms with Crippen molar-refractivity contribution in [2.45, 2.75) is 45.8 Å². The summed E-state index contributed by atoms with van der Waals surface area (Å²) in [6.45, 7) is 9.34. The Morgan fingerprint density at radius 3 is 2.75 bits per heavy atom. The van der Waals surface area contributed by atoms with Gasteiger partial charge in [0.05, 0.1) is 0 Å². The van der Waals surface area contributed by atoms with E-state index < -0.39 is 0 Å². The fourth-order valence-corrected chi connectivity index (χ4v) is 1.49. The molecule has 1 heterocycles. The molecule has 0 aliphatic rings. The van der Waals surface area contributed by atoms with Crippen molar-refractivity contribution in [1.82, 2.24) is 9.88 Å². The summed E-state index contributed by atoms with van der Waals surface area (Å²) in [6, 6.07) is 2.17. The molecule has 0 aliphatic heterocycles. The molecule has 0 bridgehead atoms. The van der Waals surface area contributed by atoms with E-state index in [4.69, 9.17) is 4.74 Å². The third-order valence-corrected chi connectivity index (χ3v) is 2.40. The smallest absolute Gasteiger partial charge is 0.0479 e. The van der Waals surface area contributed by atoms with Gasteiger partial charge in [0.15, 0.2) is 0 Å². The summed E-state index contributed by atoms with van der Waals surface area (Å²) in [7, 11) is 1.74. The molecule has 0 fully saturated rings. The summed E-state index contributed by atoms with van der Waals surface area (Å²) < 4.78 is 7.26. The lowest BCUT2D eigenvalue weighted by Crippen LogP contribution is -2.34. The minimum Gasteiger partial charge on any atom is -0.385 e. The molecule has 0 spiro atoms. The van der Waals surface area contributed by atoms with E-state index in [1.54, 1.807) is 7.11 Å². The molecular weight excluding hydrogens is 200 g/mol. The van der Waals surface area contributed by atoms with Crippen LogP contribution in [0.4, 0.5) is 0 Å². The van der Waals surface area contributed by atoms with Gasteiger partial charge in [0, 0.05) is 44.7 Å². The number of aryl methyl sites for hydroxylation is 1. The summed E-state index contributed by atoms with van der Waals surface area (Å²) in [5.74, 6) is 0. The second-order valence-corrected chi connectivity index (χ2v) is 5.21. The van der Waals surface area contributed by atoms with Gasteiger partial charge in [-0.1, -0.05) is 0 Å². The predicted molar refractivity (Wildman–Crippen MR) is 67.5 cm³/mol. The summed E-state index contributed by atoms with van der Waals surface area (Å²) in [5, 5.41) is 3.48. The van der Waals surface area contributed by atoms with Crippen molar-refractivity contribution >= 4 is 0 Å². The number of hydrogen-bond donors (Lipinski definition) is 1. The average molecular weight is 224 g/mol. The minimum atomic E-state index is 0.179. The molecule has 0 saturated carbocycles. The fraction of sp³-hybridized carbons (Fsp3) is 0.692. The number of hydrogen-bond acceptors (Lipinski definition) is 2. The van der Waals surface area contributed by atoms with Crippen LogP contribution in [0.1, 0.15) is 32.8 Å². The molecular formula is C13H24N2O. The highest BCUT2D eigenvalue weighted by Gasteiger charge is 2.08. The van der Waals surface area contributed by atoms with Gasteiger partial charge >= 0.3 is 0 Å². The molecule has 1 aromatic heterocycles. The quantitative estimate of drug-likeness (QED) is 0.751. The topological polar surface area (TPSA) is 26.2 Å². The summed E-state index contributed by atoms with van der Waals surface area (Å²) in [5.41, 5.74) is 1.52. The zero-order valence-electron chi connectivity index (χ0n) is 10.9. The molecule has 1 aromatic rings. The lowest BCUT2D eigenvalue weighted by Gasteiger charge is -2.19. The van der Waals surface area contributed by atoms with Crippen LogP contribution in [-0.4, -0.2) is 23.8 Å². The van der Waals surface area contributed by atoms with Crippen molar-refractivity contribution in [3.05, 3.63) is 24.0 Å². The summed E-state index contributed by atoms with van der Waals surface area (Å²) >= 11 is 0. The Morgan fingerprint density at radius 2 is 2.12 bits per heavy atom. The molecule has 0 amide bonds. The average Bonchev–Trinajstić information content (AvgIpc) is 2.62. The normalized spacial score (nSPS) is 12.0. The van der Waals surface area contributed by atoms with E-state index in [1.165, 1.54) is 5.56 Å².